The molecule has 0 spiro atoms. The standard InChI is InChI=1S/C18H20F10O8S/c1-10(16(21,22)23)12(29)36-15(17(24,25)26,13(30)35-11-6-3-2-4-7-11)34-9-5-8-14(19,20)18(27,28)37(31,32)33/h11H,1-9H2,(H,31,32,33). The third-order valence-corrected chi connectivity index (χ3v) is 5.93. The van der Waals surface area contributed by atoms with Crippen LogP contribution in [0.3, 0.4) is 0 Å². The zero-order valence-corrected chi connectivity index (χ0v) is 19.3. The highest BCUT2D eigenvalue weighted by Crippen LogP contribution is 2.43. The third kappa shape index (κ3) is 7.68. The number of carbonyl (C=O) groups is 2. The Balaban J connectivity index is 3.26. The van der Waals surface area contributed by atoms with Crippen molar-refractivity contribution in [3.05, 3.63) is 12.2 Å². The molecule has 0 bridgehead atoms. The Morgan fingerprint density at radius 2 is 1.43 bits per heavy atom. The third-order valence-electron chi connectivity index (χ3n) is 4.98. The monoisotopic (exact) mass is 586 g/mol. The van der Waals surface area contributed by atoms with Crippen molar-refractivity contribution in [2.24, 2.45) is 0 Å². The Morgan fingerprint density at radius 1 is 0.919 bits per heavy atom. The van der Waals surface area contributed by atoms with Gasteiger partial charge in [0.2, 0.25) is 0 Å². The van der Waals surface area contributed by atoms with Gasteiger partial charge in [-0.3, -0.25) is 4.55 Å². The lowest BCUT2D eigenvalue weighted by atomic mass is 9.98. The van der Waals surface area contributed by atoms with Gasteiger partial charge in [-0.15, -0.1) is 0 Å². The number of carbonyl (C=O) groups excluding carboxylic acids is 2. The van der Waals surface area contributed by atoms with Crippen LogP contribution >= 0.6 is 0 Å². The van der Waals surface area contributed by atoms with Crippen molar-refractivity contribution in [1.29, 1.82) is 0 Å². The number of hydrogen-bond acceptors (Lipinski definition) is 7. The number of hydrogen-bond donors (Lipinski definition) is 1. The van der Waals surface area contributed by atoms with Crippen molar-refractivity contribution < 1.29 is 80.7 Å². The van der Waals surface area contributed by atoms with Gasteiger partial charge in [0.25, 0.3) is 0 Å². The van der Waals surface area contributed by atoms with Crippen LogP contribution in [0.4, 0.5) is 43.9 Å². The highest BCUT2D eigenvalue weighted by molar-refractivity contribution is 7.87. The molecule has 0 aromatic carbocycles. The lowest BCUT2D eigenvalue weighted by Gasteiger charge is -2.34. The molecule has 1 aliphatic carbocycles. The summed E-state index contributed by atoms with van der Waals surface area (Å²) < 4.78 is 175. The summed E-state index contributed by atoms with van der Waals surface area (Å²) in [5, 5.41) is -6.09. The Morgan fingerprint density at radius 3 is 1.86 bits per heavy atom. The van der Waals surface area contributed by atoms with E-state index in [4.69, 9.17) is 4.55 Å². The Bertz CT molecular complexity index is 955. The van der Waals surface area contributed by atoms with E-state index < -0.39 is 82.5 Å². The minimum absolute atomic E-state index is 0.0137. The molecule has 0 amide bonds. The molecule has 1 aliphatic rings. The Labute approximate surface area is 202 Å². The van der Waals surface area contributed by atoms with Gasteiger partial charge in [-0.05, 0) is 32.1 Å². The summed E-state index contributed by atoms with van der Waals surface area (Å²) in [7, 11) is -6.68. The molecule has 0 aliphatic heterocycles. The van der Waals surface area contributed by atoms with Crippen molar-refractivity contribution in [3.8, 4) is 0 Å². The SMILES string of the molecule is C=C(C(=O)OC(OCCCC(F)(F)C(F)(F)S(=O)(=O)O)(C(=O)OC1CCCCC1)C(F)(F)F)C(F)(F)F. The predicted octanol–water partition coefficient (Wildman–Crippen LogP) is 4.70. The molecule has 216 valence electrons. The molecule has 19 heteroatoms. The van der Waals surface area contributed by atoms with Crippen LogP contribution in [0.25, 0.3) is 0 Å². The second kappa shape index (κ2) is 11.3. The second-order valence-corrected chi connectivity index (χ2v) is 9.26. The number of halogens is 10. The van der Waals surface area contributed by atoms with Crippen LogP contribution in [-0.4, -0.2) is 66.9 Å². The lowest BCUT2D eigenvalue weighted by Crippen LogP contribution is -2.59. The smallest absolute Gasteiger partial charge is 0.457 e. The van der Waals surface area contributed by atoms with E-state index in [1.165, 1.54) is 0 Å². The highest BCUT2D eigenvalue weighted by atomic mass is 32.2. The molecule has 0 aromatic rings. The number of esters is 2. The average molecular weight is 586 g/mol. The van der Waals surface area contributed by atoms with Gasteiger partial charge in [-0.2, -0.15) is 52.3 Å². The van der Waals surface area contributed by atoms with E-state index in [1.54, 1.807) is 0 Å². The van der Waals surface area contributed by atoms with Crippen LogP contribution in [0.5, 0.6) is 0 Å². The molecule has 1 atom stereocenters. The molecule has 1 fully saturated rings. The summed E-state index contributed by atoms with van der Waals surface area (Å²) in [5.74, 6) is -16.0. The number of alkyl halides is 10. The first-order valence-electron chi connectivity index (χ1n) is 10.1. The van der Waals surface area contributed by atoms with Gasteiger partial charge in [-0.1, -0.05) is 13.0 Å². The molecule has 37 heavy (non-hydrogen) atoms. The second-order valence-electron chi connectivity index (χ2n) is 7.79. The quantitative estimate of drug-likeness (QED) is 0.0926. The molecule has 0 saturated heterocycles. The van der Waals surface area contributed by atoms with Crippen molar-refractivity contribution >= 4 is 22.1 Å². The highest BCUT2D eigenvalue weighted by Gasteiger charge is 2.69. The fourth-order valence-electron chi connectivity index (χ4n) is 2.95. The van der Waals surface area contributed by atoms with Crippen LogP contribution < -0.4 is 0 Å². The Hall–Kier alpha value is -2.15. The zero-order valence-electron chi connectivity index (χ0n) is 18.4. The molecular weight excluding hydrogens is 566 g/mol. The maximum Gasteiger partial charge on any atom is 0.468 e. The molecule has 1 unspecified atom stereocenters. The molecule has 1 N–H and O–H groups in total. The normalized spacial score (nSPS) is 18.1. The van der Waals surface area contributed by atoms with E-state index in [0.29, 0.717) is 19.3 Å². The zero-order chi connectivity index (χ0) is 29.1. The van der Waals surface area contributed by atoms with Crippen molar-refractivity contribution in [2.45, 2.75) is 80.4 Å². The lowest BCUT2D eigenvalue weighted by molar-refractivity contribution is -0.357. The minimum atomic E-state index is -6.68. The predicted molar refractivity (Wildman–Crippen MR) is 99.7 cm³/mol. The average Bonchev–Trinajstić information content (AvgIpc) is 2.73. The fraction of sp³-hybridized carbons (Fsp3) is 0.778. The summed E-state index contributed by atoms with van der Waals surface area (Å²) in [5.41, 5.74) is -2.52. The Kier molecular flexibility index (Phi) is 10.0. The van der Waals surface area contributed by atoms with Gasteiger partial charge in [-0.25, -0.2) is 9.59 Å². The van der Waals surface area contributed by atoms with Crippen LogP contribution in [0, 0.1) is 0 Å². The van der Waals surface area contributed by atoms with Gasteiger partial charge in [0.15, 0.2) is 0 Å². The van der Waals surface area contributed by atoms with E-state index in [-0.39, 0.29) is 12.8 Å². The molecule has 1 rings (SSSR count). The van der Waals surface area contributed by atoms with E-state index >= 15 is 0 Å². The van der Waals surface area contributed by atoms with Crippen LogP contribution in [-0.2, 0) is 33.9 Å². The van der Waals surface area contributed by atoms with E-state index in [1.807, 2.05) is 0 Å². The summed E-state index contributed by atoms with van der Waals surface area (Å²) in [6, 6.07) is 0. The maximum atomic E-state index is 13.9. The maximum absolute atomic E-state index is 13.9. The van der Waals surface area contributed by atoms with Crippen LogP contribution in [0.1, 0.15) is 44.9 Å². The molecule has 0 radical (unpaired) electrons. The van der Waals surface area contributed by atoms with Gasteiger partial charge in [0.05, 0.1) is 6.61 Å². The van der Waals surface area contributed by atoms with Gasteiger partial charge in [0, 0.05) is 6.42 Å². The number of ether oxygens (including phenoxy) is 3. The molecular formula is C18H20F10O8S. The van der Waals surface area contributed by atoms with Crippen molar-refractivity contribution in [2.75, 3.05) is 6.61 Å². The fourth-order valence-corrected chi connectivity index (χ4v) is 3.43. The summed E-state index contributed by atoms with van der Waals surface area (Å²) >= 11 is 0. The van der Waals surface area contributed by atoms with Crippen LogP contribution in [0.2, 0.25) is 0 Å². The largest absolute Gasteiger partial charge is 0.468 e. The van der Waals surface area contributed by atoms with E-state index in [9.17, 15) is 61.9 Å². The van der Waals surface area contributed by atoms with Gasteiger partial charge in [0.1, 0.15) is 11.7 Å². The summed E-state index contributed by atoms with van der Waals surface area (Å²) in [4.78, 5) is 24.2. The molecule has 0 aromatic heterocycles. The first kappa shape index (κ1) is 32.9. The summed E-state index contributed by atoms with van der Waals surface area (Å²) in [6.45, 7) is 0.391. The first-order chi connectivity index (χ1) is 16.5. The van der Waals surface area contributed by atoms with Crippen molar-refractivity contribution in [3.63, 3.8) is 0 Å². The van der Waals surface area contributed by atoms with Gasteiger partial charge < -0.3 is 14.2 Å². The molecule has 1 saturated carbocycles. The van der Waals surface area contributed by atoms with Gasteiger partial charge >= 0.3 is 51.4 Å². The van der Waals surface area contributed by atoms with Crippen molar-refractivity contribution in [1.82, 2.24) is 0 Å². The number of rotatable bonds is 11. The molecule has 8 nitrogen and oxygen atoms in total. The van der Waals surface area contributed by atoms with Crippen LogP contribution in [0.15, 0.2) is 12.2 Å². The topological polar surface area (TPSA) is 116 Å². The molecule has 0 heterocycles. The van der Waals surface area contributed by atoms with E-state index in [0.717, 1.165) is 0 Å². The van der Waals surface area contributed by atoms with E-state index in [2.05, 4.69) is 20.8 Å². The summed E-state index contributed by atoms with van der Waals surface area (Å²) in [6.07, 6.45) is -15.5. The minimum Gasteiger partial charge on any atom is -0.457 e. The first-order valence-corrected chi connectivity index (χ1v) is 11.6.